The van der Waals surface area contributed by atoms with Crippen molar-refractivity contribution in [1.29, 1.82) is 0 Å². The van der Waals surface area contributed by atoms with Crippen molar-refractivity contribution in [1.82, 2.24) is 9.88 Å². The zero-order valence-electron chi connectivity index (χ0n) is 14.8. The molecule has 0 aliphatic carbocycles. The van der Waals surface area contributed by atoms with E-state index in [-0.39, 0.29) is 0 Å². The van der Waals surface area contributed by atoms with Gasteiger partial charge in [-0.15, -0.1) is 0 Å². The van der Waals surface area contributed by atoms with Gasteiger partial charge in [0.1, 0.15) is 5.82 Å². The minimum absolute atomic E-state index is 0.559. The van der Waals surface area contributed by atoms with Crippen molar-refractivity contribution in [2.75, 3.05) is 56.7 Å². The van der Waals surface area contributed by atoms with Gasteiger partial charge in [0.15, 0.2) is 0 Å². The Morgan fingerprint density at radius 3 is 2.84 bits per heavy atom. The SMILES string of the molecule is CNc1ncccc1CN1CC(CN2CCOCC2)c2ccccc21. The number of fused-ring (bicyclic) bond motifs is 1. The van der Waals surface area contributed by atoms with Gasteiger partial charge in [-0.05, 0) is 17.7 Å². The first-order valence-corrected chi connectivity index (χ1v) is 9.11. The van der Waals surface area contributed by atoms with E-state index in [1.807, 2.05) is 19.3 Å². The standard InChI is InChI=1S/C20H26N4O/c1-21-20-16(5-4-8-22-20)14-24-15-17(13-23-9-11-25-12-10-23)18-6-2-3-7-19(18)24/h2-8,17H,9-15H2,1H3,(H,21,22). The zero-order valence-corrected chi connectivity index (χ0v) is 14.8. The molecule has 0 amide bonds. The minimum Gasteiger partial charge on any atom is -0.379 e. The smallest absolute Gasteiger partial charge is 0.130 e. The van der Waals surface area contributed by atoms with E-state index >= 15 is 0 Å². The number of ether oxygens (including phenoxy) is 1. The fraction of sp³-hybridized carbons (Fsp3) is 0.450. The highest BCUT2D eigenvalue weighted by Gasteiger charge is 2.30. The van der Waals surface area contributed by atoms with Crippen LogP contribution in [0.5, 0.6) is 0 Å². The number of hydrogen-bond donors (Lipinski definition) is 1. The third-order valence-corrected chi connectivity index (χ3v) is 5.23. The number of para-hydroxylation sites is 1. The summed E-state index contributed by atoms with van der Waals surface area (Å²) in [4.78, 5) is 9.49. The maximum Gasteiger partial charge on any atom is 0.130 e. The van der Waals surface area contributed by atoms with Crippen LogP contribution in [-0.2, 0) is 11.3 Å². The Bertz CT molecular complexity index is 714. The van der Waals surface area contributed by atoms with Crippen molar-refractivity contribution in [2.24, 2.45) is 0 Å². The van der Waals surface area contributed by atoms with Gasteiger partial charge in [0, 0.05) is 63.1 Å². The summed E-state index contributed by atoms with van der Waals surface area (Å²) in [5.74, 6) is 1.53. The van der Waals surface area contributed by atoms with E-state index in [1.54, 1.807) is 0 Å². The summed E-state index contributed by atoms with van der Waals surface area (Å²) in [6, 6.07) is 13.0. The molecule has 2 aliphatic heterocycles. The van der Waals surface area contributed by atoms with Crippen LogP contribution in [0.25, 0.3) is 0 Å². The van der Waals surface area contributed by atoms with E-state index in [0.717, 1.165) is 51.8 Å². The Morgan fingerprint density at radius 2 is 2.00 bits per heavy atom. The van der Waals surface area contributed by atoms with Crippen LogP contribution in [0.15, 0.2) is 42.6 Å². The molecule has 3 heterocycles. The van der Waals surface area contributed by atoms with Crippen LogP contribution < -0.4 is 10.2 Å². The molecule has 0 bridgehead atoms. The Labute approximate surface area is 149 Å². The van der Waals surface area contributed by atoms with Crippen molar-refractivity contribution in [3.63, 3.8) is 0 Å². The van der Waals surface area contributed by atoms with Gasteiger partial charge in [-0.2, -0.15) is 0 Å². The van der Waals surface area contributed by atoms with E-state index in [1.165, 1.54) is 16.8 Å². The molecule has 0 radical (unpaired) electrons. The molecule has 1 fully saturated rings. The maximum atomic E-state index is 5.49. The lowest BCUT2D eigenvalue weighted by Crippen LogP contribution is -2.39. The zero-order chi connectivity index (χ0) is 17.1. The number of benzene rings is 1. The average Bonchev–Trinajstić information content (AvgIpc) is 3.01. The predicted octanol–water partition coefficient (Wildman–Crippen LogP) is 2.56. The van der Waals surface area contributed by atoms with Gasteiger partial charge in [-0.1, -0.05) is 24.3 Å². The maximum absolute atomic E-state index is 5.49. The minimum atomic E-state index is 0.559. The highest BCUT2D eigenvalue weighted by atomic mass is 16.5. The summed E-state index contributed by atoms with van der Waals surface area (Å²) in [5.41, 5.74) is 4.09. The Balaban J connectivity index is 1.53. The van der Waals surface area contributed by atoms with Gasteiger partial charge in [0.25, 0.3) is 0 Å². The summed E-state index contributed by atoms with van der Waals surface area (Å²) < 4.78 is 5.49. The molecule has 1 saturated heterocycles. The molecule has 2 aromatic rings. The molecular formula is C20H26N4O. The second-order valence-corrected chi connectivity index (χ2v) is 6.81. The van der Waals surface area contributed by atoms with Crippen molar-refractivity contribution >= 4 is 11.5 Å². The van der Waals surface area contributed by atoms with Crippen molar-refractivity contribution < 1.29 is 4.74 Å². The largest absolute Gasteiger partial charge is 0.379 e. The topological polar surface area (TPSA) is 40.6 Å². The number of morpholine rings is 1. The first-order chi connectivity index (χ1) is 12.3. The lowest BCUT2D eigenvalue weighted by molar-refractivity contribution is 0.0356. The Kier molecular flexibility index (Phi) is 4.85. The predicted molar refractivity (Wildman–Crippen MR) is 101 cm³/mol. The molecule has 1 N–H and O–H groups in total. The molecular weight excluding hydrogens is 312 g/mol. The molecule has 5 heteroatoms. The van der Waals surface area contributed by atoms with Crippen LogP contribution in [0.4, 0.5) is 11.5 Å². The van der Waals surface area contributed by atoms with Gasteiger partial charge < -0.3 is 15.0 Å². The van der Waals surface area contributed by atoms with Gasteiger partial charge in [0.2, 0.25) is 0 Å². The summed E-state index contributed by atoms with van der Waals surface area (Å²) >= 11 is 0. The summed E-state index contributed by atoms with van der Waals surface area (Å²) in [5, 5.41) is 3.21. The molecule has 0 saturated carbocycles. The van der Waals surface area contributed by atoms with Gasteiger partial charge in [-0.3, -0.25) is 4.90 Å². The van der Waals surface area contributed by atoms with Gasteiger partial charge in [-0.25, -0.2) is 4.98 Å². The number of nitrogens with zero attached hydrogens (tertiary/aromatic N) is 3. The highest BCUT2D eigenvalue weighted by Crippen LogP contribution is 2.38. The lowest BCUT2D eigenvalue weighted by Gasteiger charge is -2.29. The van der Waals surface area contributed by atoms with Gasteiger partial charge >= 0.3 is 0 Å². The molecule has 1 aromatic carbocycles. The number of rotatable bonds is 5. The monoisotopic (exact) mass is 338 g/mol. The van der Waals surface area contributed by atoms with Crippen molar-refractivity contribution in [2.45, 2.75) is 12.5 Å². The summed E-state index contributed by atoms with van der Waals surface area (Å²) in [6.07, 6.45) is 1.84. The van der Waals surface area contributed by atoms with Crippen LogP contribution in [0.3, 0.4) is 0 Å². The van der Waals surface area contributed by atoms with Crippen molar-refractivity contribution in [3.8, 4) is 0 Å². The number of aromatic nitrogens is 1. The molecule has 132 valence electrons. The third kappa shape index (κ3) is 3.48. The van der Waals surface area contributed by atoms with Gasteiger partial charge in [0.05, 0.1) is 13.2 Å². The Hall–Kier alpha value is -2.11. The van der Waals surface area contributed by atoms with E-state index in [4.69, 9.17) is 4.74 Å². The van der Waals surface area contributed by atoms with Crippen LogP contribution in [0.1, 0.15) is 17.0 Å². The second-order valence-electron chi connectivity index (χ2n) is 6.81. The molecule has 5 nitrogen and oxygen atoms in total. The van der Waals surface area contributed by atoms with E-state index < -0.39 is 0 Å². The molecule has 1 atom stereocenters. The molecule has 2 aliphatic rings. The second kappa shape index (κ2) is 7.42. The van der Waals surface area contributed by atoms with Crippen molar-refractivity contribution in [3.05, 3.63) is 53.7 Å². The normalized spacial score (nSPS) is 20.5. The molecule has 0 spiro atoms. The summed E-state index contributed by atoms with van der Waals surface area (Å²) in [6.45, 7) is 6.88. The number of hydrogen-bond acceptors (Lipinski definition) is 5. The fourth-order valence-corrected chi connectivity index (χ4v) is 3.98. The summed E-state index contributed by atoms with van der Waals surface area (Å²) in [7, 11) is 1.94. The van der Waals surface area contributed by atoms with Crippen LogP contribution in [0.2, 0.25) is 0 Å². The first-order valence-electron chi connectivity index (χ1n) is 9.11. The molecule has 1 aromatic heterocycles. The van der Waals surface area contributed by atoms with Crippen LogP contribution >= 0.6 is 0 Å². The van der Waals surface area contributed by atoms with Crippen LogP contribution in [0, 0.1) is 0 Å². The average molecular weight is 338 g/mol. The molecule has 1 unspecified atom stereocenters. The Morgan fingerprint density at radius 1 is 1.16 bits per heavy atom. The van der Waals surface area contributed by atoms with E-state index in [9.17, 15) is 0 Å². The quantitative estimate of drug-likeness (QED) is 0.907. The van der Waals surface area contributed by atoms with E-state index in [0.29, 0.717) is 5.92 Å². The number of pyridine rings is 1. The lowest BCUT2D eigenvalue weighted by atomic mass is 10.0. The molecule has 4 rings (SSSR count). The number of nitrogens with one attached hydrogen (secondary N) is 1. The highest BCUT2D eigenvalue weighted by molar-refractivity contribution is 5.61. The number of anilines is 2. The third-order valence-electron chi connectivity index (χ3n) is 5.23. The molecule has 25 heavy (non-hydrogen) atoms. The van der Waals surface area contributed by atoms with E-state index in [2.05, 4.69) is 50.4 Å². The fourth-order valence-electron chi connectivity index (χ4n) is 3.98. The first kappa shape index (κ1) is 16.4. The van der Waals surface area contributed by atoms with Crippen LogP contribution in [-0.4, -0.2) is 56.3 Å².